The number of aldehydes is 1. The van der Waals surface area contributed by atoms with E-state index < -0.39 is 40.9 Å². The molecular formula is C110H124N2O2S6Te6. The standard InChI is InChI=1S/C36H38N2S2Te2.C36H42O2S2Te2.C36H36S2Te2.2CH4/c2*1-3-4-5-6-7-8-9-10-11-12-14-26-16-18-27(19-17-26)33-21-20-29(42-33)24-31-30(25-37)35-36(39-31)34(38-2)32(40-35)23-28-15-13-22-41-28;1-2-3-4-5-6-7-8-9-10-11-12-24-13-15-25(16-14-24)33-21-27-20-29-31(23-34(27)40-33)38-35-28-19-26-17-18-39-32(26)22-30(28)37-36(29)35;;/h13,15-22H,3-12,14,23-24H2,1H3;13,15-22,25H,3-12,14,23-24H2,1-2H3;13-23H,2-12H2,1H3;2*1H4. The fourth-order valence-electron chi connectivity index (χ4n) is 17.1. The third-order valence-corrected chi connectivity index (χ3v) is 49.0. The quantitative estimate of drug-likeness (QED) is 0.0165. The molecule has 0 aliphatic heterocycles. The molecule has 4 nitrogen and oxygen atoms in total. The number of hydrogen-bond acceptors (Lipinski definition) is 9. The van der Waals surface area contributed by atoms with Gasteiger partial charge in [0.1, 0.15) is 0 Å². The molecule has 17 aromatic rings. The van der Waals surface area contributed by atoms with Crippen molar-refractivity contribution in [2.45, 2.75) is 273 Å². The van der Waals surface area contributed by atoms with Crippen LogP contribution in [0.4, 0.5) is 5.69 Å². The molecule has 0 spiro atoms. The second-order valence-corrected chi connectivity index (χ2v) is 58.3. The van der Waals surface area contributed by atoms with Crippen LogP contribution in [0, 0.1) is 17.9 Å². The van der Waals surface area contributed by atoms with E-state index in [-0.39, 0.29) is 96.6 Å². The Kier molecular flexibility index (Phi) is 41.3. The molecule has 0 saturated heterocycles. The Hall–Kier alpha value is -3.81. The van der Waals surface area contributed by atoms with E-state index in [2.05, 4.69) is 202 Å². The number of ether oxygens (including phenoxy) is 1. The van der Waals surface area contributed by atoms with Gasteiger partial charge in [-0.1, -0.05) is 113 Å². The van der Waals surface area contributed by atoms with Crippen LogP contribution in [-0.2, 0) is 44.9 Å². The van der Waals surface area contributed by atoms with Gasteiger partial charge in [-0.25, -0.2) is 0 Å². The molecule has 0 aliphatic rings. The van der Waals surface area contributed by atoms with E-state index in [1.54, 1.807) is 62.8 Å². The van der Waals surface area contributed by atoms with Crippen molar-refractivity contribution in [1.29, 1.82) is 5.26 Å². The van der Waals surface area contributed by atoms with E-state index in [0.717, 1.165) is 83.1 Å². The van der Waals surface area contributed by atoms with Crippen molar-refractivity contribution < 1.29 is 9.53 Å². The van der Waals surface area contributed by atoms with Crippen LogP contribution in [0.25, 0.3) is 98.2 Å². The fourth-order valence-corrected chi connectivity index (χ4v) is 42.4. The summed E-state index contributed by atoms with van der Waals surface area (Å²) in [6.07, 6.45) is 50.1. The summed E-state index contributed by atoms with van der Waals surface area (Å²) in [5.41, 5.74) is 11.1. The van der Waals surface area contributed by atoms with Crippen LogP contribution in [0.3, 0.4) is 0 Å². The molecular weight excluding hydrogens is 2340 g/mol. The van der Waals surface area contributed by atoms with Gasteiger partial charge >= 0.3 is 733 Å². The predicted molar refractivity (Wildman–Crippen MR) is 567 cm³/mol. The monoisotopic (exact) mass is 2480 g/mol. The van der Waals surface area contributed by atoms with Crippen LogP contribution in [-0.4, -0.2) is 136 Å². The zero-order valence-electron chi connectivity index (χ0n) is 72.6. The molecule has 0 saturated carbocycles. The van der Waals surface area contributed by atoms with Crippen molar-refractivity contribution in [1.82, 2.24) is 0 Å². The number of carbonyl (C=O) groups is 1. The Balaban J connectivity index is 0.000000161. The second kappa shape index (κ2) is 52.2. The predicted octanol–water partition coefficient (Wildman–Crippen LogP) is 34.1. The van der Waals surface area contributed by atoms with Crippen LogP contribution in [0.15, 0.2) is 170 Å². The average Bonchev–Trinajstić information content (AvgIpc) is 1.57. The third-order valence-electron chi connectivity index (χ3n) is 24.1. The number of benzene rings is 5. The Morgan fingerprint density at radius 3 is 1.25 bits per heavy atom. The number of nitriles is 1. The molecule has 17 rings (SSSR count). The number of nitrogens with zero attached hydrogens (tertiary/aromatic N) is 2. The minimum absolute atomic E-state index is 0. The summed E-state index contributed by atoms with van der Waals surface area (Å²) in [7, 11) is 1.77. The summed E-state index contributed by atoms with van der Waals surface area (Å²) < 4.78 is 37.1. The third kappa shape index (κ3) is 26.8. The summed E-state index contributed by atoms with van der Waals surface area (Å²) >= 11 is 9.23. The van der Waals surface area contributed by atoms with Gasteiger partial charge in [0.25, 0.3) is 0 Å². The van der Waals surface area contributed by atoms with Crippen LogP contribution < -0.4 is 4.74 Å². The van der Waals surface area contributed by atoms with Crippen molar-refractivity contribution in [2.24, 2.45) is 0 Å². The molecule has 12 heterocycles. The van der Waals surface area contributed by atoms with Crippen molar-refractivity contribution >= 4 is 269 Å². The summed E-state index contributed by atoms with van der Waals surface area (Å²) in [4.78, 5) is 21.0. The molecule has 0 radical (unpaired) electrons. The molecule has 12 aromatic heterocycles. The van der Waals surface area contributed by atoms with Crippen LogP contribution in [0.5, 0.6) is 5.75 Å². The number of aryl methyl sites for hydroxylation is 3. The van der Waals surface area contributed by atoms with Gasteiger partial charge < -0.3 is 0 Å². The van der Waals surface area contributed by atoms with Crippen molar-refractivity contribution in [2.75, 3.05) is 7.11 Å². The maximum atomic E-state index is 12.3. The van der Waals surface area contributed by atoms with E-state index >= 15 is 0 Å². The Labute approximate surface area is 834 Å². The van der Waals surface area contributed by atoms with Gasteiger partial charge in [0, 0.05) is 0 Å². The zero-order chi connectivity index (χ0) is 85.2. The normalized spacial score (nSPS) is 11.4. The van der Waals surface area contributed by atoms with Crippen molar-refractivity contribution in [3.63, 3.8) is 0 Å². The van der Waals surface area contributed by atoms with E-state index in [0.29, 0.717) is 0 Å². The number of thiophene rings is 6. The van der Waals surface area contributed by atoms with Gasteiger partial charge in [0.05, 0.1) is 0 Å². The Morgan fingerprint density at radius 2 is 0.802 bits per heavy atom. The second-order valence-electron chi connectivity index (χ2n) is 33.4. The number of carbonyl (C=O) groups excluding carboxylic acids is 1. The first-order valence-corrected chi connectivity index (χ1v) is 65.2. The summed E-state index contributed by atoms with van der Waals surface area (Å²) in [6.45, 7) is 14.7. The first-order valence-electron chi connectivity index (χ1n) is 45.8. The molecule has 658 valence electrons. The molecule has 0 bridgehead atoms. The van der Waals surface area contributed by atoms with Gasteiger partial charge in [-0.2, -0.15) is 0 Å². The number of methoxy groups -OCH3 is 1. The first-order chi connectivity index (χ1) is 61.2. The molecule has 0 aliphatic carbocycles. The van der Waals surface area contributed by atoms with Gasteiger partial charge in [0.2, 0.25) is 0 Å². The van der Waals surface area contributed by atoms with Crippen LogP contribution in [0.2, 0.25) is 0 Å². The van der Waals surface area contributed by atoms with Gasteiger partial charge in [-0.3, -0.25) is 0 Å². The van der Waals surface area contributed by atoms with E-state index in [4.69, 9.17) is 11.3 Å². The van der Waals surface area contributed by atoms with Gasteiger partial charge in [-0.05, 0) is 0 Å². The van der Waals surface area contributed by atoms with E-state index in [9.17, 15) is 10.1 Å². The maximum absolute atomic E-state index is 12.3. The van der Waals surface area contributed by atoms with Gasteiger partial charge in [0.15, 0.2) is 0 Å². The number of fused-ring (bicyclic) bond motifs is 9. The zero-order valence-corrected chi connectivity index (χ0v) is 91.5. The SMILES string of the molecule is C.C.CCCCCCCCCCCCc1ccc(-c2cc3cc4c(cc3[te]2)sc2c3cc5cc[te]c5cc3sc42)cc1.CCCCCCCCCCCCc1ccc(-c2ccc(Cc3sc4c(OC)c(Cc5ccc[te]5)sc4c3C=O)[te]2)cc1.[C-]#[N+]c1c(Cc2ccc[te]2)sc2c(C#N)c(Cc3ccc(-c4ccc(CCCCCCCCCCCC)cc4)[te]3)sc12. The van der Waals surface area contributed by atoms with Crippen molar-refractivity contribution in [3.8, 4) is 39.2 Å². The first kappa shape index (κ1) is 99.7. The Bertz CT molecular complexity index is 6270. The van der Waals surface area contributed by atoms with Crippen LogP contribution in [0.1, 0.15) is 295 Å². The minimum atomic E-state index is -0.452. The molecule has 126 heavy (non-hydrogen) atoms. The summed E-state index contributed by atoms with van der Waals surface area (Å²) in [5, 5.41) is 16.0. The summed E-state index contributed by atoms with van der Waals surface area (Å²) in [6, 6.07) is 63.7. The fraction of sp³-hybridized carbons (Fsp3) is 0.391. The number of unbranched alkanes of at least 4 members (excludes halogenated alkanes) is 27. The topological polar surface area (TPSA) is 54.5 Å². The molecule has 0 amide bonds. The molecule has 0 unspecified atom stereocenters. The molecule has 16 heteroatoms. The van der Waals surface area contributed by atoms with Gasteiger partial charge in [-0.15, -0.1) is 0 Å². The molecule has 0 N–H and O–H groups in total. The molecule has 5 aromatic carbocycles. The Morgan fingerprint density at radius 1 is 0.381 bits per heavy atom. The molecule has 0 fully saturated rings. The number of rotatable bonds is 46. The van der Waals surface area contributed by atoms with E-state index in [1.807, 2.05) is 22.7 Å². The van der Waals surface area contributed by atoms with E-state index in [1.165, 1.54) is 317 Å². The molecule has 0 atom stereocenters. The summed E-state index contributed by atoms with van der Waals surface area (Å²) in [5.74, 6) is 0.989. The number of hydrogen-bond donors (Lipinski definition) is 0. The average molecular weight is 2460 g/mol. The van der Waals surface area contributed by atoms with Crippen molar-refractivity contribution in [3.05, 3.63) is 243 Å². The van der Waals surface area contributed by atoms with Crippen LogP contribution >= 0.6 is 68.0 Å².